The van der Waals surface area contributed by atoms with Crippen molar-refractivity contribution in [2.24, 2.45) is 0 Å². The van der Waals surface area contributed by atoms with Gasteiger partial charge in [0.2, 0.25) is 11.7 Å². The van der Waals surface area contributed by atoms with Crippen molar-refractivity contribution in [2.45, 2.75) is 12.6 Å². The Bertz CT molecular complexity index is 1040. The van der Waals surface area contributed by atoms with E-state index in [0.717, 1.165) is 28.4 Å². The van der Waals surface area contributed by atoms with Crippen molar-refractivity contribution in [1.82, 2.24) is 15.1 Å². The maximum atomic E-state index is 12.6. The number of aromatic nitrogens is 3. The average molecular weight is 387 g/mol. The van der Waals surface area contributed by atoms with Crippen LogP contribution in [0.1, 0.15) is 16.5 Å². The van der Waals surface area contributed by atoms with Crippen LogP contribution in [0.25, 0.3) is 22.6 Å². The molecule has 27 heavy (non-hydrogen) atoms. The van der Waals surface area contributed by atoms with Crippen LogP contribution in [-0.2, 0) is 12.6 Å². The molecule has 136 valence electrons. The zero-order chi connectivity index (χ0) is 18.9. The lowest BCUT2D eigenvalue weighted by molar-refractivity contribution is -0.137. The van der Waals surface area contributed by atoms with Crippen LogP contribution in [0.5, 0.6) is 0 Å². The van der Waals surface area contributed by atoms with E-state index in [1.165, 1.54) is 23.5 Å². The van der Waals surface area contributed by atoms with E-state index in [1.807, 2.05) is 35.7 Å². The summed E-state index contributed by atoms with van der Waals surface area (Å²) in [7, 11) is 0. The Morgan fingerprint density at radius 1 is 0.889 bits per heavy atom. The Kier molecular flexibility index (Phi) is 4.49. The predicted octanol–water partition coefficient (Wildman–Crippen LogP) is 5.47. The molecule has 4 aromatic rings. The van der Waals surface area contributed by atoms with Gasteiger partial charge in [-0.2, -0.15) is 18.2 Å². The molecule has 0 saturated heterocycles. The summed E-state index contributed by atoms with van der Waals surface area (Å²) in [5, 5.41) is 6.62. The summed E-state index contributed by atoms with van der Waals surface area (Å²) in [5.41, 5.74) is 1.64. The summed E-state index contributed by atoms with van der Waals surface area (Å²) in [6.07, 6.45) is -4.01. The van der Waals surface area contributed by atoms with Gasteiger partial charge in [-0.15, -0.1) is 11.3 Å². The predicted molar refractivity (Wildman–Crippen MR) is 95.1 cm³/mol. The van der Waals surface area contributed by atoms with Crippen molar-refractivity contribution in [3.8, 4) is 22.6 Å². The molecule has 4 rings (SSSR count). The maximum absolute atomic E-state index is 12.6. The van der Waals surface area contributed by atoms with E-state index in [-0.39, 0.29) is 5.82 Å². The van der Waals surface area contributed by atoms with Gasteiger partial charge in [0.05, 0.1) is 17.7 Å². The molecule has 0 fully saturated rings. The van der Waals surface area contributed by atoms with E-state index in [2.05, 4.69) is 15.1 Å². The van der Waals surface area contributed by atoms with Crippen LogP contribution in [0.3, 0.4) is 0 Å². The molecule has 0 atom stereocenters. The second-order valence-corrected chi connectivity index (χ2v) is 6.70. The lowest BCUT2D eigenvalue weighted by atomic mass is 10.1. The standard InChI is InChI=1S/C19H12F3N3OS/c20-19(21,22)14-8-6-13(7-9-14)18-24-16(26-25-18)10-17-23-15(11-27-17)12-4-2-1-3-5-12/h1-9,11H,10H2. The van der Waals surface area contributed by atoms with Gasteiger partial charge in [-0.25, -0.2) is 4.98 Å². The molecule has 0 amide bonds. The summed E-state index contributed by atoms with van der Waals surface area (Å²) in [4.78, 5) is 8.82. The summed E-state index contributed by atoms with van der Waals surface area (Å²) in [6.45, 7) is 0. The molecule has 2 aromatic heterocycles. The minimum absolute atomic E-state index is 0.249. The van der Waals surface area contributed by atoms with E-state index >= 15 is 0 Å². The molecule has 0 aliphatic carbocycles. The zero-order valence-corrected chi connectivity index (χ0v) is 14.6. The fourth-order valence-corrected chi connectivity index (χ4v) is 3.31. The first kappa shape index (κ1) is 17.4. The quantitative estimate of drug-likeness (QED) is 0.466. The smallest absolute Gasteiger partial charge is 0.339 e. The van der Waals surface area contributed by atoms with Gasteiger partial charge in [0, 0.05) is 16.5 Å². The fourth-order valence-electron chi connectivity index (χ4n) is 2.52. The van der Waals surface area contributed by atoms with Crippen LogP contribution in [-0.4, -0.2) is 15.1 Å². The lowest BCUT2D eigenvalue weighted by Crippen LogP contribution is -2.04. The highest BCUT2D eigenvalue weighted by Gasteiger charge is 2.30. The molecule has 0 radical (unpaired) electrons. The Hall–Kier alpha value is -3.00. The van der Waals surface area contributed by atoms with Crippen LogP contribution < -0.4 is 0 Å². The van der Waals surface area contributed by atoms with Crippen LogP contribution in [0.2, 0.25) is 0 Å². The van der Waals surface area contributed by atoms with Gasteiger partial charge in [-0.05, 0) is 12.1 Å². The molecule has 0 aliphatic rings. The number of nitrogens with zero attached hydrogens (tertiary/aromatic N) is 3. The van der Waals surface area contributed by atoms with Crippen LogP contribution in [0, 0.1) is 0 Å². The minimum Gasteiger partial charge on any atom is -0.339 e. The van der Waals surface area contributed by atoms with Gasteiger partial charge in [-0.3, -0.25) is 0 Å². The molecule has 0 aliphatic heterocycles. The molecule has 2 heterocycles. The third-order valence-electron chi connectivity index (χ3n) is 3.86. The van der Waals surface area contributed by atoms with E-state index in [1.54, 1.807) is 0 Å². The molecule has 0 saturated carbocycles. The number of hydrogen-bond donors (Lipinski definition) is 0. The molecular formula is C19H12F3N3OS. The van der Waals surface area contributed by atoms with Gasteiger partial charge >= 0.3 is 6.18 Å². The highest BCUT2D eigenvalue weighted by Crippen LogP contribution is 2.30. The largest absolute Gasteiger partial charge is 0.416 e. The Morgan fingerprint density at radius 2 is 1.63 bits per heavy atom. The number of rotatable bonds is 4. The number of thiazole rings is 1. The summed E-state index contributed by atoms with van der Waals surface area (Å²) in [5.74, 6) is 0.609. The number of benzene rings is 2. The third kappa shape index (κ3) is 3.90. The topological polar surface area (TPSA) is 51.8 Å². The Morgan fingerprint density at radius 3 is 2.33 bits per heavy atom. The number of alkyl halides is 3. The van der Waals surface area contributed by atoms with Crippen LogP contribution in [0.4, 0.5) is 13.2 Å². The summed E-state index contributed by atoms with van der Waals surface area (Å²) in [6, 6.07) is 14.4. The van der Waals surface area contributed by atoms with Crippen LogP contribution in [0.15, 0.2) is 64.5 Å². The molecule has 0 spiro atoms. The molecule has 2 aromatic carbocycles. The van der Waals surface area contributed by atoms with E-state index in [9.17, 15) is 13.2 Å². The van der Waals surface area contributed by atoms with Crippen molar-refractivity contribution < 1.29 is 17.7 Å². The first-order valence-corrected chi connectivity index (χ1v) is 8.87. The Balaban J connectivity index is 1.49. The van der Waals surface area contributed by atoms with Crippen molar-refractivity contribution in [2.75, 3.05) is 0 Å². The zero-order valence-electron chi connectivity index (χ0n) is 13.8. The van der Waals surface area contributed by atoms with Crippen molar-refractivity contribution >= 4 is 11.3 Å². The number of halogens is 3. The molecule has 0 N–H and O–H groups in total. The first-order chi connectivity index (χ1) is 13.0. The van der Waals surface area contributed by atoms with E-state index < -0.39 is 11.7 Å². The fraction of sp³-hybridized carbons (Fsp3) is 0.105. The van der Waals surface area contributed by atoms with Gasteiger partial charge in [0.1, 0.15) is 5.01 Å². The minimum atomic E-state index is -4.37. The van der Waals surface area contributed by atoms with Gasteiger partial charge in [0.15, 0.2) is 0 Å². The van der Waals surface area contributed by atoms with Crippen molar-refractivity contribution in [1.29, 1.82) is 0 Å². The van der Waals surface area contributed by atoms with Crippen molar-refractivity contribution in [3.63, 3.8) is 0 Å². The second-order valence-electron chi connectivity index (χ2n) is 5.76. The highest BCUT2D eigenvalue weighted by atomic mass is 32.1. The van der Waals surface area contributed by atoms with Gasteiger partial charge in [-0.1, -0.05) is 47.6 Å². The first-order valence-electron chi connectivity index (χ1n) is 7.99. The second kappa shape index (κ2) is 6.96. The molecule has 0 bridgehead atoms. The summed E-state index contributed by atoms with van der Waals surface area (Å²) < 4.78 is 43.1. The Labute approximate surface area is 156 Å². The molecule has 0 unspecified atom stereocenters. The number of hydrogen-bond acceptors (Lipinski definition) is 5. The van der Waals surface area contributed by atoms with Gasteiger partial charge in [0.25, 0.3) is 0 Å². The van der Waals surface area contributed by atoms with E-state index in [0.29, 0.717) is 17.9 Å². The van der Waals surface area contributed by atoms with Crippen molar-refractivity contribution in [3.05, 3.63) is 76.4 Å². The van der Waals surface area contributed by atoms with Gasteiger partial charge < -0.3 is 4.52 Å². The lowest BCUT2D eigenvalue weighted by Gasteiger charge is -2.05. The van der Waals surface area contributed by atoms with Crippen LogP contribution >= 0.6 is 11.3 Å². The SMILES string of the molecule is FC(F)(F)c1ccc(-c2noc(Cc3nc(-c4ccccc4)cs3)n2)cc1. The molecule has 4 nitrogen and oxygen atoms in total. The monoisotopic (exact) mass is 387 g/mol. The molecular weight excluding hydrogens is 375 g/mol. The average Bonchev–Trinajstić information content (AvgIpc) is 3.32. The molecule has 8 heteroatoms. The maximum Gasteiger partial charge on any atom is 0.416 e. The normalized spacial score (nSPS) is 11.7. The summed E-state index contributed by atoms with van der Waals surface area (Å²) >= 11 is 1.49. The van der Waals surface area contributed by atoms with E-state index in [4.69, 9.17) is 4.52 Å². The third-order valence-corrected chi connectivity index (χ3v) is 4.71. The highest BCUT2D eigenvalue weighted by molar-refractivity contribution is 7.10.